The molecule has 232 valence electrons. The summed E-state index contributed by atoms with van der Waals surface area (Å²) in [6.45, 7) is 7.97. The van der Waals surface area contributed by atoms with Gasteiger partial charge in [0.1, 0.15) is 5.75 Å². The molecule has 0 amide bonds. The summed E-state index contributed by atoms with van der Waals surface area (Å²) < 4.78 is 34.7. The molecule has 3 N–H and O–H groups in total. The van der Waals surface area contributed by atoms with Gasteiger partial charge in [0.05, 0.1) is 10.6 Å². The molecular formula is C36H42N2O5S. The summed E-state index contributed by atoms with van der Waals surface area (Å²) >= 11 is 0. The number of allylic oxidation sites excluding steroid dienone is 2. The molecular weight excluding hydrogens is 572 g/mol. The Labute approximate surface area is 260 Å². The maximum Gasteiger partial charge on any atom is 0.261 e. The molecule has 1 aromatic heterocycles. The third-order valence-corrected chi connectivity index (χ3v) is 9.72. The standard InChI is InChI=1S/C36H42N2O5S/c1-36(2,3)27-12-17-30(18-13-27)44(41,42)38-28-14-19-32-31(24-28)34(26-10-15-29(39)16-11-26)35(37-32)33(40)9-7-5-4-6-8-25-20-22-43-23-21-25/h7,9-19,24-25,37-39H,4-6,8,20-23H2,1-3H3. The van der Waals surface area contributed by atoms with Gasteiger partial charge in [0.25, 0.3) is 10.0 Å². The lowest BCUT2D eigenvalue weighted by Crippen LogP contribution is -2.15. The van der Waals surface area contributed by atoms with Crippen LogP contribution in [0.25, 0.3) is 22.0 Å². The fourth-order valence-corrected chi connectivity index (χ4v) is 6.77. The fraction of sp³-hybridized carbons (Fsp3) is 0.361. The van der Waals surface area contributed by atoms with Crippen molar-refractivity contribution in [1.29, 1.82) is 0 Å². The van der Waals surface area contributed by atoms with Crippen molar-refractivity contribution in [3.63, 3.8) is 0 Å². The van der Waals surface area contributed by atoms with E-state index in [0.717, 1.165) is 62.4 Å². The van der Waals surface area contributed by atoms with E-state index in [9.17, 15) is 18.3 Å². The lowest BCUT2D eigenvalue weighted by Gasteiger charge is -2.21. The predicted molar refractivity (Wildman–Crippen MR) is 177 cm³/mol. The number of ether oxygens (including phenoxy) is 1. The maximum absolute atomic E-state index is 13.5. The van der Waals surface area contributed by atoms with Crippen molar-refractivity contribution in [2.24, 2.45) is 5.92 Å². The normalized spacial score (nSPS) is 14.8. The molecule has 1 aliphatic rings. The Morgan fingerprint density at radius 1 is 1.00 bits per heavy atom. The van der Waals surface area contributed by atoms with Crippen LogP contribution in [0.2, 0.25) is 0 Å². The number of hydrogen-bond acceptors (Lipinski definition) is 5. The number of rotatable bonds is 11. The monoisotopic (exact) mass is 614 g/mol. The van der Waals surface area contributed by atoms with E-state index in [1.54, 1.807) is 60.7 Å². The molecule has 7 nitrogen and oxygen atoms in total. The molecule has 0 radical (unpaired) electrons. The summed E-state index contributed by atoms with van der Waals surface area (Å²) in [6.07, 6.45) is 10.0. The van der Waals surface area contributed by atoms with Crippen LogP contribution in [-0.4, -0.2) is 37.5 Å². The summed E-state index contributed by atoms with van der Waals surface area (Å²) in [4.78, 5) is 16.9. The van der Waals surface area contributed by atoms with E-state index in [2.05, 4.69) is 30.5 Å². The van der Waals surface area contributed by atoms with Gasteiger partial charge in [0.2, 0.25) is 5.78 Å². The van der Waals surface area contributed by atoms with E-state index in [0.29, 0.717) is 27.8 Å². The number of benzene rings is 3. The van der Waals surface area contributed by atoms with E-state index >= 15 is 0 Å². The molecule has 5 rings (SSSR count). The average Bonchev–Trinajstić information content (AvgIpc) is 3.38. The van der Waals surface area contributed by atoms with E-state index in [1.165, 1.54) is 6.42 Å². The van der Waals surface area contributed by atoms with Crippen molar-refractivity contribution in [2.75, 3.05) is 17.9 Å². The molecule has 0 saturated carbocycles. The third kappa shape index (κ3) is 7.60. The smallest absolute Gasteiger partial charge is 0.261 e. The largest absolute Gasteiger partial charge is 0.508 e. The van der Waals surface area contributed by atoms with Crippen LogP contribution < -0.4 is 4.72 Å². The molecule has 1 fully saturated rings. The number of aromatic nitrogens is 1. The molecule has 0 spiro atoms. The molecule has 2 heterocycles. The Morgan fingerprint density at radius 3 is 2.39 bits per heavy atom. The number of unbranched alkanes of at least 4 members (excludes halogenated alkanes) is 2. The van der Waals surface area contributed by atoms with Crippen LogP contribution >= 0.6 is 0 Å². The van der Waals surface area contributed by atoms with Crippen LogP contribution in [0.4, 0.5) is 5.69 Å². The summed E-state index contributed by atoms with van der Waals surface area (Å²) in [5.41, 5.74) is 3.86. The van der Waals surface area contributed by atoms with Gasteiger partial charge in [-0.15, -0.1) is 0 Å². The predicted octanol–water partition coefficient (Wildman–Crippen LogP) is 8.36. The van der Waals surface area contributed by atoms with Gasteiger partial charge in [-0.1, -0.05) is 64.0 Å². The second-order valence-corrected chi connectivity index (χ2v) is 14.4. The van der Waals surface area contributed by atoms with Gasteiger partial charge in [-0.2, -0.15) is 0 Å². The molecule has 0 unspecified atom stereocenters. The quantitative estimate of drug-likeness (QED) is 0.0894. The first kappa shape index (κ1) is 31.5. The van der Waals surface area contributed by atoms with E-state index in [4.69, 9.17) is 4.74 Å². The van der Waals surface area contributed by atoms with Gasteiger partial charge in [-0.25, -0.2) is 8.42 Å². The number of ketones is 1. The number of sulfonamides is 1. The highest BCUT2D eigenvalue weighted by atomic mass is 32.2. The average molecular weight is 615 g/mol. The SMILES string of the molecule is CC(C)(C)c1ccc(S(=O)(=O)Nc2ccc3[nH]c(C(=O)C=CCCCCC4CCOCC4)c(-c4ccc(O)cc4)c3c2)cc1. The Hall–Kier alpha value is -3.88. The number of anilines is 1. The van der Waals surface area contributed by atoms with Crippen molar-refractivity contribution in [3.8, 4) is 16.9 Å². The van der Waals surface area contributed by atoms with Gasteiger partial charge >= 0.3 is 0 Å². The Morgan fingerprint density at radius 2 is 1.70 bits per heavy atom. The van der Waals surface area contributed by atoms with Crippen LogP contribution in [0.5, 0.6) is 5.75 Å². The van der Waals surface area contributed by atoms with Gasteiger partial charge in [-0.3, -0.25) is 9.52 Å². The zero-order valence-electron chi connectivity index (χ0n) is 25.7. The minimum Gasteiger partial charge on any atom is -0.508 e. The van der Waals surface area contributed by atoms with Crippen LogP contribution in [0.1, 0.15) is 75.3 Å². The number of H-pyrrole nitrogens is 1. The molecule has 0 atom stereocenters. The highest BCUT2D eigenvalue weighted by Crippen LogP contribution is 2.36. The molecule has 3 aromatic carbocycles. The van der Waals surface area contributed by atoms with Crippen LogP contribution in [0, 0.1) is 5.92 Å². The van der Waals surface area contributed by atoms with Crippen LogP contribution in [0.3, 0.4) is 0 Å². The number of aromatic hydroxyl groups is 1. The third-order valence-electron chi connectivity index (χ3n) is 8.33. The highest BCUT2D eigenvalue weighted by Gasteiger charge is 2.21. The number of carbonyl (C=O) groups is 1. The summed E-state index contributed by atoms with van der Waals surface area (Å²) in [5.74, 6) is 0.708. The van der Waals surface area contributed by atoms with Crippen molar-refractivity contribution >= 4 is 32.4 Å². The molecule has 44 heavy (non-hydrogen) atoms. The van der Waals surface area contributed by atoms with Crippen molar-refractivity contribution in [2.45, 2.75) is 69.6 Å². The molecule has 0 aliphatic carbocycles. The van der Waals surface area contributed by atoms with Crippen LogP contribution in [0.15, 0.2) is 83.8 Å². The molecule has 1 saturated heterocycles. The second-order valence-electron chi connectivity index (χ2n) is 12.7. The fourth-order valence-electron chi connectivity index (χ4n) is 5.72. The minimum absolute atomic E-state index is 0.0886. The number of hydrogen-bond donors (Lipinski definition) is 3. The number of phenols is 1. The summed E-state index contributed by atoms with van der Waals surface area (Å²) in [7, 11) is -3.84. The molecule has 8 heteroatoms. The van der Waals surface area contributed by atoms with Gasteiger partial charge in [-0.05, 0) is 96.7 Å². The zero-order chi connectivity index (χ0) is 31.3. The number of aromatic amines is 1. The first-order chi connectivity index (χ1) is 21.0. The van der Waals surface area contributed by atoms with E-state index < -0.39 is 10.0 Å². The van der Waals surface area contributed by atoms with Crippen molar-refractivity contribution < 1.29 is 23.1 Å². The van der Waals surface area contributed by atoms with Gasteiger partial charge < -0.3 is 14.8 Å². The number of carbonyl (C=O) groups excluding carboxylic acids is 1. The highest BCUT2D eigenvalue weighted by molar-refractivity contribution is 7.92. The number of phenolic OH excluding ortho intramolecular Hbond substituents is 1. The molecule has 4 aromatic rings. The van der Waals surface area contributed by atoms with E-state index in [-0.39, 0.29) is 21.8 Å². The Bertz CT molecular complexity index is 1720. The zero-order valence-corrected chi connectivity index (χ0v) is 26.5. The summed E-state index contributed by atoms with van der Waals surface area (Å²) in [5, 5.41) is 10.6. The van der Waals surface area contributed by atoms with E-state index in [1.807, 2.05) is 18.2 Å². The topological polar surface area (TPSA) is 108 Å². The lowest BCUT2D eigenvalue weighted by atomic mass is 9.87. The Kier molecular flexibility index (Phi) is 9.61. The maximum atomic E-state index is 13.5. The number of nitrogens with one attached hydrogen (secondary N) is 2. The lowest BCUT2D eigenvalue weighted by molar-refractivity contribution is 0.0632. The minimum atomic E-state index is -3.84. The van der Waals surface area contributed by atoms with Crippen LogP contribution in [-0.2, 0) is 20.2 Å². The van der Waals surface area contributed by atoms with Gasteiger partial charge in [0.15, 0.2) is 0 Å². The van der Waals surface area contributed by atoms with Crippen molar-refractivity contribution in [3.05, 3.63) is 90.1 Å². The summed E-state index contributed by atoms with van der Waals surface area (Å²) in [6, 6.07) is 18.8. The molecule has 0 bridgehead atoms. The Balaban J connectivity index is 1.37. The van der Waals surface area contributed by atoms with Gasteiger partial charge in [0, 0.05) is 35.4 Å². The van der Waals surface area contributed by atoms with Crippen molar-refractivity contribution in [1.82, 2.24) is 4.98 Å². The second kappa shape index (κ2) is 13.4. The first-order valence-electron chi connectivity index (χ1n) is 15.4. The first-order valence-corrected chi connectivity index (χ1v) is 16.9. The number of fused-ring (bicyclic) bond motifs is 1. The molecule has 1 aliphatic heterocycles.